The van der Waals surface area contributed by atoms with Crippen molar-refractivity contribution in [1.29, 1.82) is 0 Å². The van der Waals surface area contributed by atoms with E-state index in [0.29, 0.717) is 13.1 Å². The molecule has 6 nitrogen and oxygen atoms in total. The van der Waals surface area contributed by atoms with Gasteiger partial charge in [0.1, 0.15) is 11.6 Å². The molecule has 7 heteroatoms. The molecule has 2 saturated heterocycles. The quantitative estimate of drug-likeness (QED) is 0.718. The first-order valence-corrected chi connectivity index (χ1v) is 11.1. The molecule has 2 heterocycles. The maximum absolute atomic E-state index is 14.4. The molecule has 0 aliphatic carbocycles. The van der Waals surface area contributed by atoms with Gasteiger partial charge in [-0.3, -0.25) is 14.5 Å². The van der Waals surface area contributed by atoms with Crippen LogP contribution in [0.4, 0.5) is 10.1 Å². The number of aryl methyl sites for hydroxylation is 1. The molecular weight excluding hydrogens is 409 g/mol. The Kier molecular flexibility index (Phi) is 6.74. The topological polar surface area (TPSA) is 53.1 Å². The van der Waals surface area contributed by atoms with Crippen molar-refractivity contribution in [3.05, 3.63) is 59.4 Å². The number of carbonyl (C=O) groups excluding carboxylic acids is 2. The summed E-state index contributed by atoms with van der Waals surface area (Å²) in [7, 11) is 1.66. The largest absolute Gasteiger partial charge is 0.497 e. The molecule has 2 fully saturated rings. The lowest BCUT2D eigenvalue weighted by atomic mass is 10.1. The molecule has 2 aromatic rings. The van der Waals surface area contributed by atoms with Crippen LogP contribution in [0, 0.1) is 18.7 Å². The zero-order chi connectivity index (χ0) is 22.7. The molecular formula is C25H30FN3O3. The number of ether oxygens (including phenoxy) is 1. The molecule has 0 bridgehead atoms. The molecule has 2 aliphatic rings. The highest BCUT2D eigenvalue weighted by Gasteiger charge is 2.38. The minimum atomic E-state index is -0.421. The second kappa shape index (κ2) is 9.69. The summed E-state index contributed by atoms with van der Waals surface area (Å²) in [5, 5.41) is 0. The number of benzene rings is 2. The molecule has 0 N–H and O–H groups in total. The molecule has 0 radical (unpaired) electrons. The zero-order valence-corrected chi connectivity index (χ0v) is 18.7. The van der Waals surface area contributed by atoms with Gasteiger partial charge in [0.2, 0.25) is 11.8 Å². The van der Waals surface area contributed by atoms with E-state index in [1.165, 1.54) is 16.5 Å². The summed E-state index contributed by atoms with van der Waals surface area (Å²) in [5.74, 6) is -0.194. The monoisotopic (exact) mass is 439 g/mol. The lowest BCUT2D eigenvalue weighted by Crippen LogP contribution is -2.40. The first kappa shape index (κ1) is 22.3. The van der Waals surface area contributed by atoms with Crippen LogP contribution in [0.5, 0.6) is 5.75 Å². The second-order valence-electron chi connectivity index (χ2n) is 8.66. The molecule has 4 rings (SSSR count). The first-order chi connectivity index (χ1) is 15.4. The average Bonchev–Trinajstić information content (AvgIpc) is 3.01. The third-order valence-corrected chi connectivity index (χ3v) is 6.33. The summed E-state index contributed by atoms with van der Waals surface area (Å²) in [4.78, 5) is 31.4. The van der Waals surface area contributed by atoms with Crippen molar-refractivity contribution >= 4 is 17.5 Å². The molecule has 32 heavy (non-hydrogen) atoms. The number of amides is 2. The summed E-state index contributed by atoms with van der Waals surface area (Å²) in [5.41, 5.74) is 2.27. The van der Waals surface area contributed by atoms with Gasteiger partial charge in [0.15, 0.2) is 0 Å². The van der Waals surface area contributed by atoms with Crippen LogP contribution in [-0.4, -0.2) is 61.4 Å². The molecule has 2 aliphatic heterocycles. The number of hydrogen-bond donors (Lipinski definition) is 0. The van der Waals surface area contributed by atoms with E-state index in [1.807, 2.05) is 24.0 Å². The Bertz CT molecular complexity index is 979. The standard InChI is InChI=1S/C25H30FN3O3/c1-18-4-9-23(22(26)14-18)29-17-20(15-24(29)30)25(31)28-11-3-10-27(12-13-28)16-19-5-7-21(32-2)8-6-19/h4-9,14,20H,3,10-13,15-17H2,1-2H3. The van der Waals surface area contributed by atoms with E-state index in [9.17, 15) is 14.0 Å². The smallest absolute Gasteiger partial charge is 0.228 e. The Labute approximate surface area is 188 Å². The first-order valence-electron chi connectivity index (χ1n) is 11.1. The van der Waals surface area contributed by atoms with E-state index < -0.39 is 11.7 Å². The third-order valence-electron chi connectivity index (χ3n) is 6.33. The predicted octanol–water partition coefficient (Wildman–Crippen LogP) is 3.23. The predicted molar refractivity (Wildman–Crippen MR) is 121 cm³/mol. The van der Waals surface area contributed by atoms with Gasteiger partial charge in [-0.05, 0) is 48.7 Å². The van der Waals surface area contributed by atoms with E-state index in [0.717, 1.165) is 37.4 Å². The Balaban J connectivity index is 1.35. The van der Waals surface area contributed by atoms with Gasteiger partial charge in [-0.25, -0.2) is 4.39 Å². The van der Waals surface area contributed by atoms with E-state index >= 15 is 0 Å². The molecule has 1 atom stereocenters. The number of nitrogens with zero attached hydrogens (tertiary/aromatic N) is 3. The van der Waals surface area contributed by atoms with Crippen molar-refractivity contribution < 1.29 is 18.7 Å². The lowest BCUT2D eigenvalue weighted by Gasteiger charge is -2.25. The Morgan fingerprint density at radius 1 is 1.09 bits per heavy atom. The molecule has 170 valence electrons. The fourth-order valence-corrected chi connectivity index (χ4v) is 4.53. The van der Waals surface area contributed by atoms with Crippen molar-refractivity contribution in [3.63, 3.8) is 0 Å². The fraction of sp³-hybridized carbons (Fsp3) is 0.440. The maximum Gasteiger partial charge on any atom is 0.228 e. The van der Waals surface area contributed by atoms with Crippen LogP contribution in [0.15, 0.2) is 42.5 Å². The summed E-state index contributed by atoms with van der Waals surface area (Å²) in [6, 6.07) is 12.9. The van der Waals surface area contributed by atoms with Gasteiger partial charge < -0.3 is 14.5 Å². The number of carbonyl (C=O) groups is 2. The highest BCUT2D eigenvalue weighted by atomic mass is 19.1. The van der Waals surface area contributed by atoms with Gasteiger partial charge in [-0.1, -0.05) is 18.2 Å². The number of halogens is 1. The number of methoxy groups -OCH3 is 1. The van der Waals surface area contributed by atoms with Gasteiger partial charge in [0, 0.05) is 45.7 Å². The minimum Gasteiger partial charge on any atom is -0.497 e. The van der Waals surface area contributed by atoms with Crippen LogP contribution in [0.2, 0.25) is 0 Å². The number of anilines is 1. The maximum atomic E-state index is 14.4. The van der Waals surface area contributed by atoms with Gasteiger partial charge >= 0.3 is 0 Å². The second-order valence-corrected chi connectivity index (χ2v) is 8.66. The van der Waals surface area contributed by atoms with Crippen LogP contribution in [-0.2, 0) is 16.1 Å². The van der Waals surface area contributed by atoms with Crippen LogP contribution in [0.3, 0.4) is 0 Å². The number of rotatable bonds is 5. The van der Waals surface area contributed by atoms with Gasteiger partial charge in [-0.2, -0.15) is 0 Å². The van der Waals surface area contributed by atoms with Crippen LogP contribution in [0.1, 0.15) is 24.0 Å². The van der Waals surface area contributed by atoms with E-state index in [1.54, 1.807) is 19.2 Å². The van der Waals surface area contributed by atoms with E-state index in [2.05, 4.69) is 17.0 Å². The summed E-state index contributed by atoms with van der Waals surface area (Å²) >= 11 is 0. The van der Waals surface area contributed by atoms with Crippen molar-refractivity contribution in [2.75, 3.05) is 44.7 Å². The number of hydrogen-bond acceptors (Lipinski definition) is 4. The van der Waals surface area contributed by atoms with Gasteiger partial charge in [0.05, 0.1) is 18.7 Å². The van der Waals surface area contributed by atoms with Crippen LogP contribution < -0.4 is 9.64 Å². The van der Waals surface area contributed by atoms with Gasteiger partial charge in [0.25, 0.3) is 0 Å². The zero-order valence-electron chi connectivity index (χ0n) is 18.7. The van der Waals surface area contributed by atoms with E-state index in [-0.39, 0.29) is 30.5 Å². The summed E-state index contributed by atoms with van der Waals surface area (Å²) in [6.07, 6.45) is 1.02. The Hall–Kier alpha value is -2.93. The lowest BCUT2D eigenvalue weighted by molar-refractivity contribution is -0.135. The molecule has 0 spiro atoms. The normalized spacial score (nSPS) is 19.8. The fourth-order valence-electron chi connectivity index (χ4n) is 4.53. The average molecular weight is 440 g/mol. The van der Waals surface area contributed by atoms with E-state index in [4.69, 9.17) is 4.74 Å². The van der Waals surface area contributed by atoms with Crippen molar-refractivity contribution in [2.45, 2.75) is 26.3 Å². The highest BCUT2D eigenvalue weighted by molar-refractivity contribution is 6.00. The molecule has 2 aromatic carbocycles. The molecule has 0 saturated carbocycles. The highest BCUT2D eigenvalue weighted by Crippen LogP contribution is 2.29. The molecule has 0 aromatic heterocycles. The van der Waals surface area contributed by atoms with Crippen LogP contribution >= 0.6 is 0 Å². The van der Waals surface area contributed by atoms with Crippen LogP contribution in [0.25, 0.3) is 0 Å². The summed E-state index contributed by atoms with van der Waals surface area (Å²) in [6.45, 7) is 5.90. The third kappa shape index (κ3) is 4.93. The Morgan fingerprint density at radius 2 is 1.88 bits per heavy atom. The molecule has 1 unspecified atom stereocenters. The van der Waals surface area contributed by atoms with Gasteiger partial charge in [-0.15, -0.1) is 0 Å². The minimum absolute atomic E-state index is 0.000308. The van der Waals surface area contributed by atoms with Crippen molar-refractivity contribution in [2.24, 2.45) is 5.92 Å². The SMILES string of the molecule is COc1ccc(CN2CCCN(C(=O)C3CC(=O)N(c4ccc(C)cc4F)C3)CC2)cc1. The summed E-state index contributed by atoms with van der Waals surface area (Å²) < 4.78 is 19.6. The van der Waals surface area contributed by atoms with Crippen molar-refractivity contribution in [3.8, 4) is 5.75 Å². The Morgan fingerprint density at radius 3 is 2.59 bits per heavy atom. The molecule has 2 amide bonds. The van der Waals surface area contributed by atoms with Crippen molar-refractivity contribution in [1.82, 2.24) is 9.80 Å².